The molecule has 0 aromatic heterocycles. The summed E-state index contributed by atoms with van der Waals surface area (Å²) in [6.45, 7) is 6.11. The molecule has 0 amide bonds. The van der Waals surface area contributed by atoms with E-state index in [-0.39, 0.29) is 0 Å². The van der Waals surface area contributed by atoms with Crippen LogP contribution < -0.4 is 5.32 Å². The van der Waals surface area contributed by atoms with Gasteiger partial charge in [-0.15, -0.1) is 0 Å². The van der Waals surface area contributed by atoms with Gasteiger partial charge in [0.05, 0.1) is 6.26 Å². The zero-order valence-corrected chi connectivity index (χ0v) is 14.7. The van der Waals surface area contributed by atoms with E-state index < -0.39 is 10.0 Å². The molecule has 1 aromatic rings. The highest BCUT2D eigenvalue weighted by Gasteiger charge is 2.30. The van der Waals surface area contributed by atoms with E-state index in [2.05, 4.69) is 36.5 Å². The van der Waals surface area contributed by atoms with Crippen molar-refractivity contribution in [1.82, 2.24) is 9.62 Å². The Kier molecular flexibility index (Phi) is 6.01. The third-order valence-corrected chi connectivity index (χ3v) is 5.98. The molecule has 0 atom stereocenters. The van der Waals surface area contributed by atoms with Gasteiger partial charge in [0.15, 0.2) is 0 Å². The van der Waals surface area contributed by atoms with Gasteiger partial charge in [-0.1, -0.05) is 31.2 Å². The zero-order valence-electron chi connectivity index (χ0n) is 13.9. The second kappa shape index (κ2) is 7.57. The van der Waals surface area contributed by atoms with Gasteiger partial charge in [-0.25, -0.2) is 12.7 Å². The molecule has 0 radical (unpaired) electrons. The largest absolute Gasteiger partial charge is 0.314 e. The van der Waals surface area contributed by atoms with Gasteiger partial charge in [-0.3, -0.25) is 0 Å². The van der Waals surface area contributed by atoms with Gasteiger partial charge in [0, 0.05) is 19.1 Å². The molecule has 1 aromatic carbocycles. The summed E-state index contributed by atoms with van der Waals surface area (Å²) >= 11 is 0. The van der Waals surface area contributed by atoms with Crippen LogP contribution in [0.4, 0.5) is 0 Å². The maximum Gasteiger partial charge on any atom is 0.211 e. The topological polar surface area (TPSA) is 49.4 Å². The van der Waals surface area contributed by atoms with E-state index in [4.69, 9.17) is 0 Å². The number of nitrogens with zero attached hydrogens (tertiary/aromatic N) is 1. The summed E-state index contributed by atoms with van der Waals surface area (Å²) in [4.78, 5) is 0. The van der Waals surface area contributed by atoms with Gasteiger partial charge in [0.2, 0.25) is 10.0 Å². The molecule has 4 nitrogen and oxygen atoms in total. The van der Waals surface area contributed by atoms with Crippen LogP contribution in [0.2, 0.25) is 0 Å². The molecule has 0 unspecified atom stereocenters. The lowest BCUT2D eigenvalue weighted by molar-refractivity contribution is 0.286. The van der Waals surface area contributed by atoms with Crippen LogP contribution in [0.15, 0.2) is 24.3 Å². The molecule has 1 saturated carbocycles. The normalized spacial score (nSPS) is 21.8. The van der Waals surface area contributed by atoms with E-state index >= 15 is 0 Å². The van der Waals surface area contributed by atoms with Gasteiger partial charge in [0.25, 0.3) is 0 Å². The van der Waals surface area contributed by atoms with Crippen molar-refractivity contribution in [3.8, 4) is 0 Å². The fourth-order valence-corrected chi connectivity index (χ4v) is 4.13. The summed E-state index contributed by atoms with van der Waals surface area (Å²) in [5.74, 6) is 0.682. The average molecular weight is 324 g/mol. The molecule has 1 fully saturated rings. The van der Waals surface area contributed by atoms with E-state index in [1.165, 1.54) is 34.5 Å². The standard InChI is InChI=1S/C17H28N2O2S/c1-4-19(22(3,20)21)11-7-10-18-16-12-15(13-16)17-9-6-5-8-14(17)2/h5-6,8-9,15-16,18H,4,7,10-13H2,1-3H3. The summed E-state index contributed by atoms with van der Waals surface area (Å²) in [6, 6.07) is 9.21. The van der Waals surface area contributed by atoms with E-state index in [1.54, 1.807) is 0 Å². The Morgan fingerprint density at radius 1 is 1.27 bits per heavy atom. The van der Waals surface area contributed by atoms with Crippen molar-refractivity contribution in [3.63, 3.8) is 0 Å². The van der Waals surface area contributed by atoms with Crippen LogP contribution >= 0.6 is 0 Å². The summed E-state index contributed by atoms with van der Waals surface area (Å²) in [7, 11) is -3.05. The van der Waals surface area contributed by atoms with Crippen LogP contribution in [0.1, 0.15) is 43.2 Å². The summed E-state index contributed by atoms with van der Waals surface area (Å²) < 4.78 is 24.5. The van der Waals surface area contributed by atoms with E-state index in [0.29, 0.717) is 25.0 Å². The van der Waals surface area contributed by atoms with Crippen molar-refractivity contribution in [2.24, 2.45) is 0 Å². The van der Waals surface area contributed by atoms with Crippen LogP contribution in [0, 0.1) is 6.92 Å². The molecule has 0 saturated heterocycles. The first-order valence-corrected chi connectivity index (χ1v) is 10.0. The van der Waals surface area contributed by atoms with Gasteiger partial charge in [-0.05, 0) is 49.8 Å². The Morgan fingerprint density at radius 2 is 1.95 bits per heavy atom. The van der Waals surface area contributed by atoms with Crippen molar-refractivity contribution >= 4 is 10.0 Å². The Balaban J connectivity index is 1.66. The Labute approximate surface area is 135 Å². The van der Waals surface area contributed by atoms with Crippen molar-refractivity contribution in [3.05, 3.63) is 35.4 Å². The molecule has 1 aliphatic carbocycles. The molecule has 5 heteroatoms. The third kappa shape index (κ3) is 4.54. The predicted molar refractivity (Wildman–Crippen MR) is 91.7 cm³/mol. The monoisotopic (exact) mass is 324 g/mol. The van der Waals surface area contributed by atoms with Crippen LogP contribution in [0.5, 0.6) is 0 Å². The van der Waals surface area contributed by atoms with Crippen molar-refractivity contribution in [2.45, 2.75) is 45.1 Å². The summed E-state index contributed by atoms with van der Waals surface area (Å²) in [5.41, 5.74) is 2.87. The van der Waals surface area contributed by atoms with Crippen molar-refractivity contribution in [1.29, 1.82) is 0 Å². The van der Waals surface area contributed by atoms with Crippen LogP contribution in [-0.2, 0) is 10.0 Å². The Hall–Kier alpha value is -0.910. The molecule has 1 N–H and O–H groups in total. The maximum atomic E-state index is 11.5. The maximum absolute atomic E-state index is 11.5. The number of hydrogen-bond acceptors (Lipinski definition) is 3. The first kappa shape index (κ1) is 17.4. The number of benzene rings is 1. The minimum atomic E-state index is -3.05. The fraction of sp³-hybridized carbons (Fsp3) is 0.647. The first-order valence-electron chi connectivity index (χ1n) is 8.15. The van der Waals surface area contributed by atoms with Gasteiger partial charge in [-0.2, -0.15) is 0 Å². The van der Waals surface area contributed by atoms with E-state index in [9.17, 15) is 8.42 Å². The smallest absolute Gasteiger partial charge is 0.211 e. The number of hydrogen-bond donors (Lipinski definition) is 1. The van der Waals surface area contributed by atoms with Crippen LogP contribution in [0.3, 0.4) is 0 Å². The van der Waals surface area contributed by atoms with Crippen molar-refractivity contribution in [2.75, 3.05) is 25.9 Å². The molecule has 0 bridgehead atoms. The SMILES string of the molecule is CCN(CCCNC1CC(c2ccccc2C)C1)S(C)(=O)=O. The van der Waals surface area contributed by atoms with E-state index in [0.717, 1.165) is 13.0 Å². The lowest BCUT2D eigenvalue weighted by Gasteiger charge is -2.37. The molecule has 22 heavy (non-hydrogen) atoms. The summed E-state index contributed by atoms with van der Waals surface area (Å²) in [5, 5.41) is 3.55. The number of rotatable bonds is 8. The number of nitrogens with one attached hydrogen (secondary N) is 1. The molecule has 0 heterocycles. The molecule has 0 aliphatic heterocycles. The highest BCUT2D eigenvalue weighted by molar-refractivity contribution is 7.88. The molecular weight excluding hydrogens is 296 g/mol. The Bertz CT molecular complexity index is 580. The third-order valence-electron chi connectivity index (χ3n) is 4.61. The fourth-order valence-electron chi connectivity index (χ4n) is 3.20. The van der Waals surface area contributed by atoms with E-state index in [1.807, 2.05) is 6.92 Å². The molecule has 1 aliphatic rings. The zero-order chi connectivity index (χ0) is 16.2. The minimum absolute atomic E-state index is 0.553. The first-order chi connectivity index (χ1) is 10.4. The average Bonchev–Trinajstić information content (AvgIpc) is 2.40. The quantitative estimate of drug-likeness (QED) is 0.748. The highest BCUT2D eigenvalue weighted by atomic mass is 32.2. The highest BCUT2D eigenvalue weighted by Crippen LogP contribution is 2.38. The lowest BCUT2D eigenvalue weighted by atomic mass is 9.74. The van der Waals surface area contributed by atoms with Gasteiger partial charge in [0.1, 0.15) is 0 Å². The lowest BCUT2D eigenvalue weighted by Crippen LogP contribution is -2.41. The van der Waals surface area contributed by atoms with Gasteiger partial charge >= 0.3 is 0 Å². The number of aryl methyl sites for hydroxylation is 1. The molecule has 0 spiro atoms. The minimum Gasteiger partial charge on any atom is -0.314 e. The predicted octanol–water partition coefficient (Wildman–Crippen LogP) is 2.50. The van der Waals surface area contributed by atoms with Crippen molar-refractivity contribution < 1.29 is 8.42 Å². The molecule has 124 valence electrons. The second-order valence-corrected chi connectivity index (χ2v) is 8.27. The molecular formula is C17H28N2O2S. The van der Waals surface area contributed by atoms with Crippen LogP contribution in [-0.4, -0.2) is 44.7 Å². The molecule has 2 rings (SSSR count). The van der Waals surface area contributed by atoms with Gasteiger partial charge < -0.3 is 5.32 Å². The summed E-state index contributed by atoms with van der Waals surface area (Å²) in [6.07, 6.45) is 4.53. The Morgan fingerprint density at radius 3 is 2.55 bits per heavy atom. The van der Waals surface area contributed by atoms with Crippen LogP contribution in [0.25, 0.3) is 0 Å². The number of sulfonamides is 1. The second-order valence-electron chi connectivity index (χ2n) is 6.28.